The highest BCUT2D eigenvalue weighted by atomic mass is 33.2. The van der Waals surface area contributed by atoms with Crippen LogP contribution in [0.15, 0.2) is 0 Å². The van der Waals surface area contributed by atoms with Crippen molar-refractivity contribution in [3.63, 3.8) is 0 Å². The van der Waals surface area contributed by atoms with Crippen LogP contribution in [-0.4, -0.2) is 146 Å². The van der Waals surface area contributed by atoms with Crippen molar-refractivity contribution in [1.82, 2.24) is 28.9 Å². The van der Waals surface area contributed by atoms with E-state index in [0.717, 1.165) is 38.7 Å². The zero-order valence-corrected chi connectivity index (χ0v) is 45.4. The van der Waals surface area contributed by atoms with Gasteiger partial charge in [-0.05, 0) is 117 Å². The third kappa shape index (κ3) is 5.65. The fourth-order valence-electron chi connectivity index (χ4n) is 9.77. The zero-order chi connectivity index (χ0) is 35.5. The van der Waals surface area contributed by atoms with E-state index in [4.69, 9.17) is 0 Å². The van der Waals surface area contributed by atoms with Crippen molar-refractivity contribution in [2.75, 3.05) is 78.5 Å². The van der Waals surface area contributed by atoms with Crippen molar-refractivity contribution in [3.8, 4) is 0 Å². The molecule has 0 amide bonds. The van der Waals surface area contributed by atoms with Gasteiger partial charge in [0.1, 0.15) is 0 Å². The Hall–Kier alpha value is 4.35. The minimum Gasteiger partial charge on any atom is -0.339 e. The Bertz CT molecular complexity index is 1740. The first kappa shape index (κ1) is 41.1. The molecule has 8 aromatic heterocycles. The molecule has 274 valence electrons. The lowest BCUT2D eigenvalue weighted by Crippen LogP contribution is -2.54. The molecule has 0 aliphatic carbocycles. The molecule has 2 aliphatic heterocycles. The predicted molar refractivity (Wildman–Crippen MR) is 269 cm³/mol. The maximum absolute atomic E-state index is 3.25. The number of rotatable bonds is 21. The Morgan fingerprint density at radius 3 is 0.700 bits per heavy atom. The summed E-state index contributed by atoms with van der Waals surface area (Å²) in [6.07, 6.45) is 3.79. The zero-order valence-electron chi connectivity index (χ0n) is 32.9. The Balaban J connectivity index is 1.34. The molecule has 0 saturated heterocycles. The van der Waals surface area contributed by atoms with E-state index in [1.165, 1.54) is 78.5 Å². The minimum atomic E-state index is 0.280. The molecular weight excluding hydrogens is 871 g/mol. The van der Waals surface area contributed by atoms with E-state index in [2.05, 4.69) is 112 Å². The fourth-order valence-corrected chi connectivity index (χ4v) is 422. The smallest absolute Gasteiger partial charge is 0.287 e. The van der Waals surface area contributed by atoms with Crippen molar-refractivity contribution in [3.05, 3.63) is 0 Å². The standard InChI is InChI=1S/C24H60B6N6P14/c1-13-31(14-2)25-26(32(15-3)16-4)38-43-37(25)45-46(38)49(45)41(43)29(35(21-9)22-10)30(36(23-11)24-12)42-44-39-27(33(17-5)18-6)28(34(19-7)20-8)40(44)48-47(39)50(42)48/h13-24H2,1-12H3. The van der Waals surface area contributed by atoms with Crippen LogP contribution in [0.5, 0.6) is 0 Å². The fraction of sp³-hybridized carbons (Fsp3) is 1.00. The molecule has 2 aliphatic rings. The van der Waals surface area contributed by atoms with Crippen molar-refractivity contribution in [2.24, 2.45) is 0 Å². The third-order valence-corrected chi connectivity index (χ3v) is 199. The van der Waals surface area contributed by atoms with Gasteiger partial charge in [-0.15, -0.1) is 0 Å². The van der Waals surface area contributed by atoms with Gasteiger partial charge >= 0.3 is 0 Å². The molecule has 0 N–H and O–H groups in total. The predicted octanol–water partition coefficient (Wildman–Crippen LogP) is 14.5. The largest absolute Gasteiger partial charge is 0.339 e. The normalized spacial score (nSPS) is 20.5. The van der Waals surface area contributed by atoms with Crippen LogP contribution in [0.3, 0.4) is 0 Å². The Labute approximate surface area is 318 Å². The number of hydrogen-bond acceptors (Lipinski definition) is 6. The SMILES string of the molecule is CCN(CC)B(B(N(CC)CC)p1p2p3p4p1p4p2B(N(CC)CC)B3N(CC)CC)p1p2p3p4p1p4p2B(N(CC)CC)B3N(CC)CC. The topological polar surface area (TPSA) is 19.4 Å². The van der Waals surface area contributed by atoms with Gasteiger partial charge in [-0.1, -0.05) is 136 Å². The Kier molecular flexibility index (Phi) is 13.5. The molecule has 0 radical (unpaired) electrons. The van der Waals surface area contributed by atoms with Crippen LogP contribution in [0.4, 0.5) is 0 Å². The highest BCUT2D eigenvalue weighted by Crippen LogP contribution is 3.19. The van der Waals surface area contributed by atoms with Crippen LogP contribution in [0.25, 0.3) is 0 Å². The summed E-state index contributed by atoms with van der Waals surface area (Å²) in [5.41, 5.74) is 0. The van der Waals surface area contributed by atoms with Crippen LogP contribution >= 0.6 is 91.6 Å². The van der Waals surface area contributed by atoms with Crippen LogP contribution in [0.1, 0.15) is 83.1 Å². The molecule has 0 aromatic carbocycles. The van der Waals surface area contributed by atoms with E-state index < -0.39 is 0 Å². The van der Waals surface area contributed by atoms with E-state index in [1.807, 2.05) is 0 Å². The second kappa shape index (κ2) is 16.4. The minimum absolute atomic E-state index is 0.280. The summed E-state index contributed by atoms with van der Waals surface area (Å²) in [6, 6.07) is 0. The van der Waals surface area contributed by atoms with Crippen LogP contribution in [-0.2, 0) is 0 Å². The maximum atomic E-state index is 3.25. The van der Waals surface area contributed by atoms with Crippen LogP contribution < -0.4 is 0 Å². The molecule has 12 bridgehead atoms. The van der Waals surface area contributed by atoms with Gasteiger partial charge < -0.3 is 28.9 Å². The van der Waals surface area contributed by atoms with E-state index in [1.54, 1.807) is 0 Å². The molecule has 6 nitrogen and oxygen atoms in total. The summed E-state index contributed by atoms with van der Waals surface area (Å²) >= 11 is 0. The van der Waals surface area contributed by atoms with Gasteiger partial charge in [0, 0.05) is 0 Å². The maximum Gasteiger partial charge on any atom is 0.287 e. The summed E-state index contributed by atoms with van der Waals surface area (Å²) in [5.74, 6) is 0. The van der Waals surface area contributed by atoms with Gasteiger partial charge in [-0.2, -0.15) is 0 Å². The molecule has 0 spiro atoms. The second-order valence-electron chi connectivity index (χ2n) is 13.9. The van der Waals surface area contributed by atoms with Gasteiger partial charge in [-0.3, -0.25) is 0 Å². The molecule has 0 fully saturated rings. The van der Waals surface area contributed by atoms with Crippen molar-refractivity contribution < 1.29 is 0 Å². The van der Waals surface area contributed by atoms with Crippen LogP contribution in [0.2, 0.25) is 0 Å². The summed E-state index contributed by atoms with van der Waals surface area (Å²) < 4.78 is 0. The first-order chi connectivity index (χ1) is 24.4. The van der Waals surface area contributed by atoms with Crippen LogP contribution in [0, 0.1) is 0 Å². The average molecular weight is 931 g/mol. The lowest BCUT2D eigenvalue weighted by Gasteiger charge is -2.36. The molecule has 26 heteroatoms. The first-order valence-corrected chi connectivity index (χ1v) is 51.9. The number of hydrogen-bond donors (Lipinski definition) is 0. The van der Waals surface area contributed by atoms with Crippen molar-refractivity contribution in [1.29, 1.82) is 0 Å². The lowest BCUT2D eigenvalue weighted by atomic mass is 9.49. The number of nitrogens with zero attached hydrogens (tertiary/aromatic N) is 6. The van der Waals surface area contributed by atoms with Crippen molar-refractivity contribution >= 4 is 130 Å². The average Bonchev–Trinajstić information content (AvgIpc) is 3.47. The summed E-state index contributed by atoms with van der Waals surface area (Å²) in [7, 11) is 0. The highest BCUT2D eigenvalue weighted by Gasteiger charge is 2.62. The van der Waals surface area contributed by atoms with Crippen molar-refractivity contribution in [2.45, 2.75) is 83.1 Å². The summed E-state index contributed by atoms with van der Waals surface area (Å²) in [6.45, 7) is 54.4. The second-order valence-corrected chi connectivity index (χ2v) is 97.9. The lowest BCUT2D eigenvalue weighted by molar-refractivity contribution is 0.476. The first-order valence-electron chi connectivity index (χ1n) is 20.0. The van der Waals surface area contributed by atoms with E-state index >= 15 is 0 Å². The van der Waals surface area contributed by atoms with E-state index in [-0.39, 0.29) is 13.5 Å². The van der Waals surface area contributed by atoms with E-state index in [9.17, 15) is 0 Å². The monoisotopic (exact) mass is 932 g/mol. The molecule has 50 heavy (non-hydrogen) atoms. The molecule has 8 aromatic rings. The quantitative estimate of drug-likeness (QED) is 0.0665. The molecular formula is C24H60B6N6P14. The Morgan fingerprint density at radius 1 is 0.300 bits per heavy atom. The molecule has 10 rings (SSSR count). The van der Waals surface area contributed by atoms with Gasteiger partial charge in [-0.25, -0.2) is 0 Å². The van der Waals surface area contributed by atoms with Gasteiger partial charge in [0.2, 0.25) is 0 Å². The third-order valence-electron chi connectivity index (χ3n) is 12.4. The Morgan fingerprint density at radius 2 is 0.520 bits per heavy atom. The van der Waals surface area contributed by atoms with Gasteiger partial charge in [0.25, 0.3) is 38.7 Å². The van der Waals surface area contributed by atoms with Gasteiger partial charge in [0.05, 0.1) is 0 Å². The summed E-state index contributed by atoms with van der Waals surface area (Å²) in [5, 5.41) is 0. The molecule has 6 unspecified atom stereocenters. The van der Waals surface area contributed by atoms with E-state index in [0.29, 0.717) is 78.0 Å². The molecule has 6 atom stereocenters. The molecule has 0 saturated carbocycles. The summed E-state index contributed by atoms with van der Waals surface area (Å²) in [4.78, 5) is 18.8. The molecule has 10 heterocycles. The van der Waals surface area contributed by atoms with Gasteiger partial charge in [0.15, 0.2) is 0 Å². The highest BCUT2D eigenvalue weighted by molar-refractivity contribution is 9.23.